The van der Waals surface area contributed by atoms with Crippen LogP contribution in [-0.4, -0.2) is 71.8 Å². The number of benzene rings is 8. The first-order valence-electron chi connectivity index (χ1n) is 49.5. The maximum Gasteiger partial charge on any atom is 0.264 e. The Hall–Kier alpha value is -12.2. The summed E-state index contributed by atoms with van der Waals surface area (Å²) in [5.74, 6) is -1.56. The van der Waals surface area contributed by atoms with Crippen molar-refractivity contribution in [3.8, 4) is 0 Å². The highest BCUT2D eigenvalue weighted by Crippen LogP contribution is 2.29. The van der Waals surface area contributed by atoms with E-state index in [9.17, 15) is 58.1 Å². The van der Waals surface area contributed by atoms with Gasteiger partial charge in [-0.05, 0) is 181 Å². The van der Waals surface area contributed by atoms with Crippen molar-refractivity contribution >= 4 is 86.0 Å². The fourth-order valence-electron chi connectivity index (χ4n) is 9.89. The number of aryl methyl sites for hydroxylation is 6. The molecule has 4 heterocycles. The fourth-order valence-corrected chi connectivity index (χ4v) is 14.3. The second-order valence-corrected chi connectivity index (χ2v) is 29.9. The minimum atomic E-state index is -3.85. The predicted molar refractivity (Wildman–Crippen MR) is 599 cm³/mol. The molecule has 0 saturated heterocycles. The molecule has 21 nitrogen and oxygen atoms in total. The smallest absolute Gasteiger partial charge is 0.264 e. The van der Waals surface area contributed by atoms with E-state index in [0.717, 1.165) is 33.5 Å². The largest absolute Gasteiger partial charge is 0.618 e. The monoisotopic (exact) mass is 1990 g/mol. The van der Waals surface area contributed by atoms with Crippen LogP contribution < -0.4 is 23.6 Å². The number of carbonyl (C=O) groups is 4. The van der Waals surface area contributed by atoms with Crippen LogP contribution in [0.15, 0.2) is 299 Å². The van der Waals surface area contributed by atoms with Crippen LogP contribution in [0.1, 0.15) is 347 Å². The second kappa shape index (κ2) is 92.2. The molecule has 12 aromatic rings. The van der Waals surface area contributed by atoms with Gasteiger partial charge in [-0.3, -0.25) is 48.0 Å². The molecule has 0 unspecified atom stereocenters. The van der Waals surface area contributed by atoms with Crippen molar-refractivity contribution in [2.24, 2.45) is 0 Å². The first-order chi connectivity index (χ1) is 67.1. The zero-order chi connectivity index (χ0) is 110. The normalized spacial score (nSPS) is 9.02. The molecule has 4 aromatic heterocycles. The summed E-state index contributed by atoms with van der Waals surface area (Å²) in [4.78, 5) is 64.1. The Morgan fingerprint density at radius 1 is 0.252 bits per heavy atom. The molecule has 0 amide bonds. The molecular weight excluding hydrogens is 1820 g/mol. The van der Waals surface area contributed by atoms with Crippen molar-refractivity contribution in [1.29, 1.82) is 0 Å². The van der Waals surface area contributed by atoms with Gasteiger partial charge in [0, 0.05) is 46.9 Å². The van der Waals surface area contributed by atoms with Crippen LogP contribution in [-0.2, 0) is 40.1 Å². The van der Waals surface area contributed by atoms with Gasteiger partial charge in [-0.15, -0.1) is 0 Å². The van der Waals surface area contributed by atoms with Gasteiger partial charge in [0.1, 0.15) is 17.1 Å². The van der Waals surface area contributed by atoms with Crippen molar-refractivity contribution in [2.75, 3.05) is 18.9 Å². The SMILES string of the molecule is CC.CC.CC.CC.CC.CC.CC.CC.CC.CC.CC.CC.CC.CC.CC.CC.CC.CC.Cc1ccc(S(=O)(=O)Nc2ccc(C)cc2C(=O)c2cccc(C)n2)cc1.Cc1ccc(S(=O)(=O)Nc2ccc(C)cc2C(=O)c2ncccc2C)cc1.O=C(c1ccccc1NS(=O)(=O)c1ccccc1)c1cccc[n+]1[O-].O=C(c1ccccn1)c1ccccc1NS(=O)(=O)c1ccccc1. The Morgan fingerprint density at radius 3 is 0.878 bits per heavy atom. The molecule has 0 atom stereocenters. The molecule has 12 rings (SSSR count). The molecule has 8 aromatic carbocycles. The molecule has 0 radical (unpaired) electrons. The quantitative estimate of drug-likeness (QED) is 0.0313. The number of nitrogens with zero attached hydrogens (tertiary/aromatic N) is 4. The number of aromatic nitrogens is 4. The van der Waals surface area contributed by atoms with Crippen molar-refractivity contribution < 1.29 is 57.6 Å². The molecule has 25 heteroatoms. The van der Waals surface area contributed by atoms with Crippen LogP contribution in [0.2, 0.25) is 0 Å². The zero-order valence-electron chi connectivity index (χ0n) is 92.3. The first kappa shape index (κ1) is 147. The first-order valence-corrected chi connectivity index (χ1v) is 55.4. The van der Waals surface area contributed by atoms with Crippen molar-refractivity contribution in [3.05, 3.63) is 363 Å². The molecule has 0 bridgehead atoms. The van der Waals surface area contributed by atoms with Crippen molar-refractivity contribution in [2.45, 2.75) is 310 Å². The van der Waals surface area contributed by atoms with E-state index in [1.54, 1.807) is 208 Å². The lowest BCUT2D eigenvalue weighted by atomic mass is 10.0. The average molecular weight is 1990 g/mol. The average Bonchev–Trinajstić information content (AvgIpc) is 0.761. The topological polar surface area (TPSA) is 319 Å². The summed E-state index contributed by atoms with van der Waals surface area (Å²) < 4.78 is 111. The summed E-state index contributed by atoms with van der Waals surface area (Å²) in [6.07, 6.45) is 4.28. The highest BCUT2D eigenvalue weighted by atomic mass is 32.2. The predicted octanol–water partition coefficient (Wildman–Crippen LogP) is 32.0. The van der Waals surface area contributed by atoms with Gasteiger partial charge in [-0.2, -0.15) is 4.73 Å². The van der Waals surface area contributed by atoms with E-state index >= 15 is 0 Å². The van der Waals surface area contributed by atoms with Crippen molar-refractivity contribution in [1.82, 2.24) is 15.0 Å². The van der Waals surface area contributed by atoms with E-state index < -0.39 is 45.9 Å². The highest BCUT2D eigenvalue weighted by Gasteiger charge is 2.27. The van der Waals surface area contributed by atoms with Crippen LogP contribution in [0, 0.1) is 46.7 Å². The molecule has 0 saturated carbocycles. The number of rotatable bonds is 20. The lowest BCUT2D eigenvalue weighted by molar-refractivity contribution is -0.607. The summed E-state index contributed by atoms with van der Waals surface area (Å²) >= 11 is 0. The van der Waals surface area contributed by atoms with Crippen LogP contribution >= 0.6 is 0 Å². The summed E-state index contributed by atoms with van der Waals surface area (Å²) in [7, 11) is -15.2. The Labute approximate surface area is 845 Å². The van der Waals surface area contributed by atoms with Gasteiger partial charge in [-0.25, -0.2) is 38.7 Å². The van der Waals surface area contributed by atoms with E-state index in [2.05, 4.69) is 33.8 Å². The van der Waals surface area contributed by atoms with E-state index in [1.807, 2.05) is 277 Å². The molecule has 0 aliphatic carbocycles. The number of anilines is 4. The van der Waals surface area contributed by atoms with E-state index in [1.165, 1.54) is 85.2 Å². The fraction of sp³-hybridized carbons (Fsp3) is 0.368. The number of carbonyl (C=O) groups excluding carboxylic acids is 4. The second-order valence-electron chi connectivity index (χ2n) is 23.1. The summed E-state index contributed by atoms with van der Waals surface area (Å²) in [5.41, 5.74) is 7.50. The summed E-state index contributed by atoms with van der Waals surface area (Å²) in [5, 5.41) is 11.8. The zero-order valence-corrected chi connectivity index (χ0v) is 95.6. The molecule has 774 valence electrons. The van der Waals surface area contributed by atoms with E-state index in [-0.39, 0.29) is 99.0 Å². The third kappa shape index (κ3) is 54.7. The molecule has 0 spiro atoms. The number of sulfonamides is 4. The Balaban J connectivity index is -0.000000179. The molecule has 0 aliphatic rings. The van der Waals surface area contributed by atoms with E-state index in [4.69, 9.17) is 0 Å². The van der Waals surface area contributed by atoms with Crippen molar-refractivity contribution in [3.63, 3.8) is 0 Å². The third-order valence-corrected chi connectivity index (χ3v) is 20.8. The number of hydrogen-bond acceptors (Lipinski definition) is 16. The standard InChI is InChI=1S/2C21H20N2O3S.C18H14N2O4S.C18H14N2O3S.18C2H6/c1-14-6-9-17(10-7-14)27(25,26)23-19-11-8-15(2)13-18(19)21(24)20-16(3)5-4-12-22-20;1-14-7-10-17(11-8-14)27(25,26)23-19-12-9-15(2)13-18(19)21(24)20-6-4-5-16(3)22-20;21-18(17-12-6-7-13-20(17)22)15-10-4-5-11-16(15)19-25(23,24)14-8-2-1-3-9-14;21-18(17-12-6-7-13-19-17)15-10-4-5-11-16(15)20-24(22,23)14-8-2-1-3-9-14;18*1-2/h2*4-13,23H,1-3H3;1-13,19H;1-13,20H;18*1-2H3. The minimum Gasteiger partial charge on any atom is -0.618 e. The third-order valence-electron chi connectivity index (χ3n) is 15.2. The van der Waals surface area contributed by atoms with Gasteiger partial charge in [0.2, 0.25) is 17.3 Å². The maximum atomic E-state index is 13.0. The summed E-state index contributed by atoms with van der Waals surface area (Å²) in [6, 6.07) is 69.8. The van der Waals surface area contributed by atoms with Crippen LogP contribution in [0.5, 0.6) is 0 Å². The van der Waals surface area contributed by atoms with Crippen LogP contribution in [0.25, 0.3) is 0 Å². The molecular formula is C114H176N8O13S4. The Bertz CT molecular complexity index is 5580. The van der Waals surface area contributed by atoms with E-state index in [0.29, 0.717) is 10.4 Å². The van der Waals surface area contributed by atoms with Gasteiger partial charge < -0.3 is 5.21 Å². The Morgan fingerprint density at radius 2 is 0.540 bits per heavy atom. The van der Waals surface area contributed by atoms with Gasteiger partial charge in [-0.1, -0.05) is 387 Å². The van der Waals surface area contributed by atoms with Crippen LogP contribution in [0.3, 0.4) is 0 Å². The lowest BCUT2D eigenvalue weighted by Crippen LogP contribution is -2.34. The molecule has 0 aliphatic heterocycles. The number of ketones is 4. The number of pyridine rings is 4. The molecule has 139 heavy (non-hydrogen) atoms. The maximum absolute atomic E-state index is 13.0. The van der Waals surface area contributed by atoms with Gasteiger partial charge in [0.25, 0.3) is 51.6 Å². The summed E-state index contributed by atoms with van der Waals surface area (Å²) in [6.45, 7) is 83.1. The highest BCUT2D eigenvalue weighted by molar-refractivity contribution is 7.93. The van der Waals surface area contributed by atoms with Gasteiger partial charge in [0.15, 0.2) is 6.20 Å². The lowest BCUT2D eigenvalue weighted by Gasteiger charge is -2.13. The number of hydrogen-bond donors (Lipinski definition) is 4. The minimum absolute atomic E-state index is 0.0795. The number of nitrogens with one attached hydrogen (secondary N) is 4. The molecule has 0 fully saturated rings. The number of para-hydroxylation sites is 2. The molecule has 4 N–H and O–H groups in total. The van der Waals surface area contributed by atoms with Gasteiger partial charge >= 0.3 is 0 Å². The Kier molecular flexibility index (Phi) is 97.6. The van der Waals surface area contributed by atoms with Crippen LogP contribution in [0.4, 0.5) is 22.7 Å². The van der Waals surface area contributed by atoms with Gasteiger partial charge in [0.05, 0.1) is 47.9 Å².